The van der Waals surface area contributed by atoms with Gasteiger partial charge in [-0.25, -0.2) is 4.68 Å². The molecule has 1 aliphatic heterocycles. The van der Waals surface area contributed by atoms with Gasteiger partial charge in [-0.05, 0) is 50.3 Å². The number of hydrogen-bond donors (Lipinski definition) is 1. The van der Waals surface area contributed by atoms with E-state index in [4.69, 9.17) is 28.3 Å². The molecule has 0 bridgehead atoms. The zero-order chi connectivity index (χ0) is 15.1. The first-order valence-electron chi connectivity index (χ1n) is 8.05. The summed E-state index contributed by atoms with van der Waals surface area (Å²) in [6, 6.07) is 5.72. The second-order valence-corrected chi connectivity index (χ2v) is 7.05. The normalized spacial score (nSPS) is 18.3. The predicted octanol–water partition coefficient (Wildman–Crippen LogP) is 5.19. The zero-order valence-corrected chi connectivity index (χ0v) is 13.9. The van der Waals surface area contributed by atoms with Gasteiger partial charge in [0.15, 0.2) is 0 Å². The maximum Gasteiger partial charge on any atom is 0.133 e. The molecule has 2 aliphatic rings. The van der Waals surface area contributed by atoms with Crippen molar-refractivity contribution >= 4 is 29.0 Å². The van der Waals surface area contributed by atoms with Crippen LogP contribution in [0.1, 0.15) is 49.3 Å². The fourth-order valence-electron chi connectivity index (χ4n) is 3.34. The largest absolute Gasteiger partial charge is 0.370 e. The van der Waals surface area contributed by atoms with Crippen molar-refractivity contribution < 1.29 is 0 Å². The third-order valence-electron chi connectivity index (χ3n) is 4.80. The summed E-state index contributed by atoms with van der Waals surface area (Å²) in [5, 5.41) is 9.67. The molecule has 116 valence electrons. The molecule has 0 atom stereocenters. The van der Waals surface area contributed by atoms with Crippen molar-refractivity contribution in [2.75, 3.05) is 11.9 Å². The Morgan fingerprint density at radius 2 is 1.95 bits per heavy atom. The number of benzene rings is 1. The van der Waals surface area contributed by atoms with Gasteiger partial charge in [-0.1, -0.05) is 29.6 Å². The minimum atomic E-state index is 0.572. The maximum absolute atomic E-state index is 6.19. The first kappa shape index (κ1) is 14.4. The summed E-state index contributed by atoms with van der Waals surface area (Å²) in [6.07, 6.45) is 7.42. The number of fused-ring (bicyclic) bond motifs is 1. The lowest BCUT2D eigenvalue weighted by molar-refractivity contribution is 0.406. The van der Waals surface area contributed by atoms with Crippen LogP contribution < -0.4 is 5.32 Å². The van der Waals surface area contributed by atoms with Crippen LogP contribution in [-0.4, -0.2) is 16.3 Å². The average molecular weight is 336 g/mol. The number of rotatable bonds is 2. The van der Waals surface area contributed by atoms with E-state index in [9.17, 15) is 0 Å². The molecule has 1 saturated carbocycles. The van der Waals surface area contributed by atoms with Crippen LogP contribution in [0.4, 0.5) is 5.82 Å². The SMILES string of the molecule is Clc1ccc(-n2nc(C3CCC3)c3c2NCCCC3)cc1Cl. The van der Waals surface area contributed by atoms with Crippen LogP contribution in [0, 0.1) is 0 Å². The van der Waals surface area contributed by atoms with E-state index < -0.39 is 0 Å². The molecule has 0 saturated heterocycles. The Kier molecular flexibility index (Phi) is 3.79. The summed E-state index contributed by atoms with van der Waals surface area (Å²) >= 11 is 12.2. The van der Waals surface area contributed by atoms with Crippen molar-refractivity contribution in [1.29, 1.82) is 0 Å². The maximum atomic E-state index is 6.19. The molecule has 1 N–H and O–H groups in total. The molecular formula is C17H19Cl2N3. The molecule has 1 aliphatic carbocycles. The van der Waals surface area contributed by atoms with E-state index in [0.717, 1.165) is 24.5 Å². The number of anilines is 1. The molecular weight excluding hydrogens is 317 g/mol. The van der Waals surface area contributed by atoms with Crippen molar-refractivity contribution in [3.63, 3.8) is 0 Å². The summed E-state index contributed by atoms with van der Waals surface area (Å²) in [6.45, 7) is 1.00. The summed E-state index contributed by atoms with van der Waals surface area (Å²) in [5.41, 5.74) is 3.68. The summed E-state index contributed by atoms with van der Waals surface area (Å²) in [4.78, 5) is 0. The van der Waals surface area contributed by atoms with Gasteiger partial charge in [0.05, 0.1) is 21.4 Å². The van der Waals surface area contributed by atoms with Gasteiger partial charge in [0, 0.05) is 18.0 Å². The second kappa shape index (κ2) is 5.78. The Morgan fingerprint density at radius 1 is 1.09 bits per heavy atom. The fourth-order valence-corrected chi connectivity index (χ4v) is 3.63. The molecule has 3 nitrogen and oxygen atoms in total. The van der Waals surface area contributed by atoms with Crippen LogP contribution in [0.5, 0.6) is 0 Å². The molecule has 2 aromatic rings. The summed E-state index contributed by atoms with van der Waals surface area (Å²) < 4.78 is 2.02. The van der Waals surface area contributed by atoms with Crippen molar-refractivity contribution in [3.8, 4) is 5.69 Å². The minimum Gasteiger partial charge on any atom is -0.370 e. The standard InChI is InChI=1S/C17H19Cl2N3/c18-14-8-7-12(10-15(14)19)22-17-13(6-1-2-9-20-17)16(21-22)11-4-3-5-11/h7-8,10-11,20H,1-6,9H2. The van der Waals surface area contributed by atoms with Crippen LogP contribution in [-0.2, 0) is 6.42 Å². The van der Waals surface area contributed by atoms with E-state index in [1.54, 1.807) is 0 Å². The van der Waals surface area contributed by atoms with Crippen LogP contribution in [0.25, 0.3) is 5.69 Å². The van der Waals surface area contributed by atoms with E-state index in [2.05, 4.69) is 5.32 Å². The van der Waals surface area contributed by atoms with E-state index >= 15 is 0 Å². The molecule has 0 amide bonds. The molecule has 0 spiro atoms. The summed E-state index contributed by atoms with van der Waals surface area (Å²) in [7, 11) is 0. The monoisotopic (exact) mass is 335 g/mol. The molecule has 22 heavy (non-hydrogen) atoms. The molecule has 1 aromatic heterocycles. The first-order valence-corrected chi connectivity index (χ1v) is 8.81. The van der Waals surface area contributed by atoms with Crippen LogP contribution in [0.2, 0.25) is 10.0 Å². The highest BCUT2D eigenvalue weighted by atomic mass is 35.5. The minimum absolute atomic E-state index is 0.572. The molecule has 5 heteroatoms. The fraction of sp³-hybridized carbons (Fsp3) is 0.471. The van der Waals surface area contributed by atoms with Gasteiger partial charge in [0.25, 0.3) is 0 Å². The van der Waals surface area contributed by atoms with Crippen LogP contribution >= 0.6 is 23.2 Å². The topological polar surface area (TPSA) is 29.9 Å². The number of halogens is 2. The van der Waals surface area contributed by atoms with Gasteiger partial charge in [-0.15, -0.1) is 0 Å². The molecule has 0 radical (unpaired) electrons. The summed E-state index contributed by atoms with van der Waals surface area (Å²) in [5.74, 6) is 1.79. The molecule has 4 rings (SSSR count). The van der Waals surface area contributed by atoms with Gasteiger partial charge in [-0.2, -0.15) is 5.10 Å². The highest BCUT2D eigenvalue weighted by molar-refractivity contribution is 6.42. The first-order chi connectivity index (χ1) is 10.7. The van der Waals surface area contributed by atoms with Crippen molar-refractivity contribution in [2.45, 2.75) is 44.4 Å². The average Bonchev–Trinajstić information content (AvgIpc) is 2.66. The third-order valence-corrected chi connectivity index (χ3v) is 5.54. The Morgan fingerprint density at radius 3 is 2.68 bits per heavy atom. The molecule has 1 fully saturated rings. The number of aromatic nitrogens is 2. The quantitative estimate of drug-likeness (QED) is 0.817. The highest BCUT2D eigenvalue weighted by Gasteiger charge is 2.29. The van der Waals surface area contributed by atoms with Gasteiger partial charge in [-0.3, -0.25) is 0 Å². The lowest BCUT2D eigenvalue weighted by atomic mass is 9.81. The van der Waals surface area contributed by atoms with Crippen LogP contribution in [0.15, 0.2) is 18.2 Å². The Hall–Kier alpha value is -1.19. The van der Waals surface area contributed by atoms with Crippen LogP contribution in [0.3, 0.4) is 0 Å². The van der Waals surface area contributed by atoms with Crippen molar-refractivity contribution in [3.05, 3.63) is 39.5 Å². The van der Waals surface area contributed by atoms with E-state index in [-0.39, 0.29) is 0 Å². The van der Waals surface area contributed by atoms with E-state index in [1.807, 2.05) is 22.9 Å². The second-order valence-electron chi connectivity index (χ2n) is 6.23. The third kappa shape index (κ3) is 2.40. The molecule has 1 aromatic carbocycles. The highest BCUT2D eigenvalue weighted by Crippen LogP contribution is 2.41. The van der Waals surface area contributed by atoms with Gasteiger partial charge in [0.2, 0.25) is 0 Å². The number of hydrogen-bond acceptors (Lipinski definition) is 2. The Balaban J connectivity index is 1.84. The van der Waals surface area contributed by atoms with Crippen molar-refractivity contribution in [2.24, 2.45) is 0 Å². The Bertz CT molecular complexity index is 704. The Labute approximate surface area is 140 Å². The number of nitrogens with zero attached hydrogens (tertiary/aromatic N) is 2. The molecule has 0 unspecified atom stereocenters. The van der Waals surface area contributed by atoms with Gasteiger partial charge >= 0.3 is 0 Å². The smallest absolute Gasteiger partial charge is 0.133 e. The van der Waals surface area contributed by atoms with Gasteiger partial charge < -0.3 is 5.32 Å². The lowest BCUT2D eigenvalue weighted by Crippen LogP contribution is -2.11. The zero-order valence-electron chi connectivity index (χ0n) is 12.4. The molecule has 2 heterocycles. The predicted molar refractivity (Wildman–Crippen MR) is 91.6 cm³/mol. The lowest BCUT2D eigenvalue weighted by Gasteiger charge is -2.24. The van der Waals surface area contributed by atoms with Crippen molar-refractivity contribution in [1.82, 2.24) is 9.78 Å². The van der Waals surface area contributed by atoms with E-state index in [1.165, 1.54) is 43.4 Å². The number of nitrogens with one attached hydrogen (secondary N) is 1. The van der Waals surface area contributed by atoms with E-state index in [0.29, 0.717) is 16.0 Å². The van der Waals surface area contributed by atoms with Gasteiger partial charge in [0.1, 0.15) is 5.82 Å².